The van der Waals surface area contributed by atoms with Gasteiger partial charge in [0.25, 0.3) is 0 Å². The molecule has 0 spiro atoms. The van der Waals surface area contributed by atoms with E-state index in [4.69, 9.17) is 5.11 Å². The molecule has 1 rings (SSSR count). The van der Waals surface area contributed by atoms with Crippen LogP contribution in [0.15, 0.2) is 24.3 Å². The fourth-order valence-electron chi connectivity index (χ4n) is 1.64. The van der Waals surface area contributed by atoms with Crippen LogP contribution >= 0.6 is 0 Å². The maximum Gasteiger partial charge on any atom is 0.320 e. The highest BCUT2D eigenvalue weighted by atomic mass is 16.4. The molecule has 0 saturated heterocycles. The number of carboxylic acids is 1. The lowest BCUT2D eigenvalue weighted by Gasteiger charge is -2.16. The van der Waals surface area contributed by atoms with Gasteiger partial charge in [-0.3, -0.25) is 4.79 Å². The first-order valence-corrected chi connectivity index (χ1v) is 5.73. The van der Waals surface area contributed by atoms with Crippen LogP contribution in [0.2, 0.25) is 0 Å². The number of para-hydroxylation sites is 1. The van der Waals surface area contributed by atoms with Gasteiger partial charge < -0.3 is 15.5 Å². The van der Waals surface area contributed by atoms with Gasteiger partial charge in [0.05, 0.1) is 0 Å². The Morgan fingerprint density at radius 1 is 1.35 bits per heavy atom. The number of aliphatic carboxylic acids is 1. The summed E-state index contributed by atoms with van der Waals surface area (Å²) in [6, 6.07) is 6.34. The molecular weight excluding hydrogens is 218 g/mol. The van der Waals surface area contributed by atoms with E-state index in [0.29, 0.717) is 24.4 Å². The summed E-state index contributed by atoms with van der Waals surface area (Å²) >= 11 is 0. The second-order valence-electron chi connectivity index (χ2n) is 4.53. The third-order valence-corrected chi connectivity index (χ3v) is 2.54. The van der Waals surface area contributed by atoms with Gasteiger partial charge in [0, 0.05) is 12.1 Å². The molecule has 4 nitrogen and oxygen atoms in total. The van der Waals surface area contributed by atoms with E-state index in [0.717, 1.165) is 0 Å². The molecule has 0 fully saturated rings. The van der Waals surface area contributed by atoms with Gasteiger partial charge in [-0.1, -0.05) is 32.0 Å². The third kappa shape index (κ3) is 4.44. The number of aromatic hydroxyl groups is 1. The summed E-state index contributed by atoms with van der Waals surface area (Å²) in [5.74, 6) is -0.351. The second kappa shape index (κ2) is 6.25. The van der Waals surface area contributed by atoms with Crippen molar-refractivity contribution >= 4 is 5.97 Å². The first-order chi connectivity index (χ1) is 8.00. The Labute approximate surface area is 101 Å². The summed E-state index contributed by atoms with van der Waals surface area (Å²) in [6.07, 6.45) is 0.572. The molecular formula is C13H19NO3. The summed E-state index contributed by atoms with van der Waals surface area (Å²) in [5, 5.41) is 21.5. The third-order valence-electron chi connectivity index (χ3n) is 2.54. The van der Waals surface area contributed by atoms with Crippen LogP contribution in [-0.4, -0.2) is 22.2 Å². The topological polar surface area (TPSA) is 69.6 Å². The Morgan fingerprint density at radius 3 is 2.53 bits per heavy atom. The lowest BCUT2D eigenvalue weighted by Crippen LogP contribution is -2.37. The fourth-order valence-corrected chi connectivity index (χ4v) is 1.64. The number of rotatable bonds is 6. The van der Waals surface area contributed by atoms with Gasteiger partial charge in [-0.15, -0.1) is 0 Å². The molecule has 1 unspecified atom stereocenters. The van der Waals surface area contributed by atoms with Gasteiger partial charge in [0.15, 0.2) is 0 Å². The number of hydrogen-bond donors (Lipinski definition) is 3. The van der Waals surface area contributed by atoms with Crippen molar-refractivity contribution in [1.29, 1.82) is 0 Å². The Balaban J connectivity index is 2.58. The van der Waals surface area contributed by atoms with Crippen molar-refractivity contribution in [2.45, 2.75) is 32.9 Å². The van der Waals surface area contributed by atoms with E-state index in [9.17, 15) is 9.90 Å². The highest BCUT2D eigenvalue weighted by Crippen LogP contribution is 2.15. The monoisotopic (exact) mass is 237 g/mol. The minimum atomic E-state index is -0.853. The van der Waals surface area contributed by atoms with E-state index in [1.54, 1.807) is 18.2 Å². The summed E-state index contributed by atoms with van der Waals surface area (Å²) in [7, 11) is 0. The minimum Gasteiger partial charge on any atom is -0.508 e. The average molecular weight is 237 g/mol. The van der Waals surface area contributed by atoms with Crippen LogP contribution in [0.5, 0.6) is 5.75 Å². The van der Waals surface area contributed by atoms with Gasteiger partial charge in [-0.25, -0.2) is 0 Å². The summed E-state index contributed by atoms with van der Waals surface area (Å²) in [5.41, 5.74) is 0.711. The minimum absolute atomic E-state index is 0.189. The number of carboxylic acid groups (broad SMARTS) is 1. The first kappa shape index (κ1) is 13.5. The van der Waals surface area contributed by atoms with Crippen molar-refractivity contribution in [2.75, 3.05) is 0 Å². The predicted molar refractivity (Wildman–Crippen MR) is 65.8 cm³/mol. The Bertz CT molecular complexity index is 377. The lowest BCUT2D eigenvalue weighted by molar-refractivity contribution is -0.140. The molecule has 0 saturated carbocycles. The molecule has 0 radical (unpaired) electrons. The van der Waals surface area contributed by atoms with Crippen LogP contribution in [0.25, 0.3) is 0 Å². The molecule has 0 aliphatic rings. The molecule has 94 valence electrons. The zero-order chi connectivity index (χ0) is 12.8. The zero-order valence-electron chi connectivity index (χ0n) is 10.2. The van der Waals surface area contributed by atoms with E-state index in [-0.39, 0.29) is 5.75 Å². The molecule has 1 aromatic rings. The number of hydrogen-bond acceptors (Lipinski definition) is 3. The largest absolute Gasteiger partial charge is 0.508 e. The highest BCUT2D eigenvalue weighted by molar-refractivity contribution is 5.73. The standard InChI is InChI=1S/C13H19NO3/c1-9(2)7-11(13(16)17)14-8-10-5-3-4-6-12(10)15/h3-6,9,11,14-15H,7-8H2,1-2H3,(H,16,17). The summed E-state index contributed by atoms with van der Waals surface area (Å²) < 4.78 is 0. The molecule has 4 heteroatoms. The van der Waals surface area contributed by atoms with Crippen molar-refractivity contribution in [1.82, 2.24) is 5.32 Å². The molecule has 3 N–H and O–H groups in total. The molecule has 1 aromatic carbocycles. The quantitative estimate of drug-likeness (QED) is 0.707. The van der Waals surface area contributed by atoms with Crippen LogP contribution < -0.4 is 5.32 Å². The van der Waals surface area contributed by atoms with E-state index in [1.807, 2.05) is 19.9 Å². The molecule has 0 heterocycles. The maximum absolute atomic E-state index is 11.0. The molecule has 0 bridgehead atoms. The Hall–Kier alpha value is -1.55. The molecule has 0 amide bonds. The van der Waals surface area contributed by atoms with Gasteiger partial charge in [-0.2, -0.15) is 0 Å². The highest BCUT2D eigenvalue weighted by Gasteiger charge is 2.18. The normalized spacial score (nSPS) is 12.6. The Kier molecular flexibility index (Phi) is 4.97. The van der Waals surface area contributed by atoms with Crippen LogP contribution in [0.3, 0.4) is 0 Å². The van der Waals surface area contributed by atoms with Crippen LogP contribution in [0, 0.1) is 5.92 Å². The fraction of sp³-hybridized carbons (Fsp3) is 0.462. The van der Waals surface area contributed by atoms with Crippen molar-refractivity contribution in [2.24, 2.45) is 5.92 Å². The van der Waals surface area contributed by atoms with Crippen LogP contribution in [0.1, 0.15) is 25.8 Å². The molecule has 1 atom stereocenters. The molecule has 0 aliphatic carbocycles. The van der Waals surface area contributed by atoms with Crippen LogP contribution in [-0.2, 0) is 11.3 Å². The SMILES string of the molecule is CC(C)CC(NCc1ccccc1O)C(=O)O. The van der Waals surface area contributed by atoms with Gasteiger partial charge >= 0.3 is 5.97 Å². The van der Waals surface area contributed by atoms with E-state index < -0.39 is 12.0 Å². The van der Waals surface area contributed by atoms with E-state index >= 15 is 0 Å². The number of benzene rings is 1. The number of phenols is 1. The van der Waals surface area contributed by atoms with E-state index in [1.165, 1.54) is 0 Å². The van der Waals surface area contributed by atoms with Crippen molar-refractivity contribution in [3.05, 3.63) is 29.8 Å². The number of carbonyl (C=O) groups is 1. The Morgan fingerprint density at radius 2 is 2.00 bits per heavy atom. The summed E-state index contributed by atoms with van der Waals surface area (Å²) in [4.78, 5) is 11.0. The molecule has 0 aromatic heterocycles. The maximum atomic E-state index is 11.0. The molecule has 17 heavy (non-hydrogen) atoms. The lowest BCUT2D eigenvalue weighted by atomic mass is 10.0. The first-order valence-electron chi connectivity index (χ1n) is 5.73. The average Bonchev–Trinajstić information content (AvgIpc) is 2.25. The summed E-state index contributed by atoms with van der Waals surface area (Å²) in [6.45, 7) is 4.32. The second-order valence-corrected chi connectivity index (χ2v) is 4.53. The predicted octanol–water partition coefficient (Wildman–Crippen LogP) is 1.98. The van der Waals surface area contributed by atoms with Crippen molar-refractivity contribution in [3.63, 3.8) is 0 Å². The molecule has 0 aliphatic heterocycles. The smallest absolute Gasteiger partial charge is 0.320 e. The van der Waals surface area contributed by atoms with Gasteiger partial charge in [0.1, 0.15) is 11.8 Å². The van der Waals surface area contributed by atoms with Gasteiger partial charge in [0.2, 0.25) is 0 Å². The number of phenolic OH excluding ortho intramolecular Hbond substituents is 1. The van der Waals surface area contributed by atoms with Crippen molar-refractivity contribution < 1.29 is 15.0 Å². The van der Waals surface area contributed by atoms with Gasteiger partial charge in [-0.05, 0) is 18.4 Å². The number of nitrogens with one attached hydrogen (secondary N) is 1. The van der Waals surface area contributed by atoms with E-state index in [2.05, 4.69) is 5.32 Å². The zero-order valence-corrected chi connectivity index (χ0v) is 10.2. The van der Waals surface area contributed by atoms with Crippen molar-refractivity contribution in [3.8, 4) is 5.75 Å². The van der Waals surface area contributed by atoms with Crippen LogP contribution in [0.4, 0.5) is 0 Å².